The predicted molar refractivity (Wildman–Crippen MR) is 141 cm³/mol. The minimum absolute atomic E-state index is 0.0359. The Labute approximate surface area is 218 Å². The van der Waals surface area contributed by atoms with Gasteiger partial charge in [-0.2, -0.15) is 0 Å². The number of carbonyl (C=O) groups is 2. The van der Waals surface area contributed by atoms with E-state index in [-0.39, 0.29) is 28.6 Å². The number of nitrogens with zero attached hydrogens (tertiary/aromatic N) is 2. The number of aromatic nitrogens is 1. The summed E-state index contributed by atoms with van der Waals surface area (Å²) in [5.74, 6) is -0.950. The lowest BCUT2D eigenvalue weighted by molar-refractivity contribution is -0.110. The molecule has 194 valence electrons. The third-order valence-corrected chi connectivity index (χ3v) is 9.56. The molecule has 5 rings (SSSR count). The van der Waals surface area contributed by atoms with E-state index in [1.54, 1.807) is 37.3 Å². The maximum absolute atomic E-state index is 13.3. The van der Waals surface area contributed by atoms with Crippen LogP contribution in [-0.2, 0) is 24.2 Å². The van der Waals surface area contributed by atoms with Crippen LogP contribution < -0.4 is 5.32 Å². The number of fused-ring (bicyclic) bond motifs is 1. The van der Waals surface area contributed by atoms with Gasteiger partial charge in [-0.05, 0) is 75.8 Å². The Kier molecular flexibility index (Phi) is 7.25. The van der Waals surface area contributed by atoms with Crippen molar-refractivity contribution in [3.8, 4) is 0 Å². The first-order valence-corrected chi connectivity index (χ1v) is 14.7. The summed E-state index contributed by atoms with van der Waals surface area (Å²) in [6.45, 7) is 2.02. The smallest absolute Gasteiger partial charge is 0.338 e. The van der Waals surface area contributed by atoms with E-state index in [0.29, 0.717) is 34.6 Å². The van der Waals surface area contributed by atoms with Crippen molar-refractivity contribution < 1.29 is 27.6 Å². The first-order valence-electron chi connectivity index (χ1n) is 12.3. The van der Waals surface area contributed by atoms with Gasteiger partial charge in [0.1, 0.15) is 6.10 Å². The second-order valence-corrected chi connectivity index (χ2v) is 12.4. The Hall–Kier alpha value is -3.31. The molecule has 9 nitrogen and oxygen atoms in total. The molecule has 1 amide bonds. The number of ether oxygens (including phenoxy) is 1. The molecule has 0 unspecified atom stereocenters. The van der Waals surface area contributed by atoms with E-state index in [2.05, 4.69) is 15.5 Å². The fourth-order valence-electron chi connectivity index (χ4n) is 4.20. The zero-order valence-electron chi connectivity index (χ0n) is 20.3. The zero-order chi connectivity index (χ0) is 26.0. The largest absolute Gasteiger partial charge is 0.462 e. The Balaban J connectivity index is 1.39. The molecule has 2 saturated carbocycles. The number of benzene rings is 2. The van der Waals surface area contributed by atoms with E-state index in [9.17, 15) is 18.0 Å². The van der Waals surface area contributed by atoms with Crippen LogP contribution in [0, 0.1) is 0 Å². The molecular weight excluding hydrogens is 514 g/mol. The maximum Gasteiger partial charge on any atom is 0.338 e. The molecule has 3 aromatic rings. The summed E-state index contributed by atoms with van der Waals surface area (Å²) in [4.78, 5) is 35.7. The number of hydrogen-bond acceptors (Lipinski definition) is 9. The highest BCUT2D eigenvalue weighted by Gasteiger charge is 2.36. The molecule has 0 saturated heterocycles. The van der Waals surface area contributed by atoms with Crippen molar-refractivity contribution in [2.45, 2.75) is 61.7 Å². The summed E-state index contributed by atoms with van der Waals surface area (Å²) in [5, 5.41) is 6.99. The summed E-state index contributed by atoms with van der Waals surface area (Å²) >= 11 is 1.22. The topological polar surface area (TPSA) is 124 Å². The highest BCUT2D eigenvalue weighted by Crippen LogP contribution is 2.33. The van der Waals surface area contributed by atoms with Crippen LogP contribution in [0.2, 0.25) is 0 Å². The summed E-state index contributed by atoms with van der Waals surface area (Å²) in [7, 11) is -3.34. The van der Waals surface area contributed by atoms with E-state index in [4.69, 9.17) is 9.57 Å². The Morgan fingerprint density at radius 3 is 2.43 bits per heavy atom. The summed E-state index contributed by atoms with van der Waals surface area (Å²) in [6, 6.07) is 11.2. The summed E-state index contributed by atoms with van der Waals surface area (Å²) < 4.78 is 30.9. The second-order valence-electron chi connectivity index (χ2n) is 9.10. The van der Waals surface area contributed by atoms with Crippen LogP contribution in [0.5, 0.6) is 0 Å². The Bertz CT molecular complexity index is 1450. The van der Waals surface area contributed by atoms with Crippen molar-refractivity contribution in [2.24, 2.45) is 5.16 Å². The lowest BCUT2D eigenvalue weighted by atomic mass is 10.1. The normalized spacial score (nSPS) is 16.6. The molecular formula is C26H27N3O6S2. The average molecular weight is 542 g/mol. The predicted octanol–water partition coefficient (Wildman–Crippen LogP) is 4.71. The number of esters is 1. The number of hydrogen-bond donors (Lipinski definition) is 1. The molecule has 11 heteroatoms. The molecule has 0 radical (unpaired) electrons. The van der Waals surface area contributed by atoms with Crippen LogP contribution in [0.3, 0.4) is 0 Å². The lowest BCUT2D eigenvalue weighted by Gasteiger charge is -2.11. The molecule has 2 aliphatic carbocycles. The van der Waals surface area contributed by atoms with Crippen molar-refractivity contribution in [1.82, 2.24) is 4.98 Å². The molecule has 0 atom stereocenters. The Morgan fingerprint density at radius 1 is 1.05 bits per heavy atom. The minimum atomic E-state index is -3.34. The third-order valence-electron chi connectivity index (χ3n) is 6.35. The molecule has 2 fully saturated rings. The van der Waals surface area contributed by atoms with Crippen molar-refractivity contribution in [1.29, 1.82) is 0 Å². The van der Waals surface area contributed by atoms with Crippen LogP contribution in [0.25, 0.3) is 10.2 Å². The molecule has 0 spiro atoms. The first-order chi connectivity index (χ1) is 17.8. The SMILES string of the molecule is CCOC(=O)c1ccc2nc(NC(=O)/C(=N/OC3CCCC3)c3ccc(S(=O)(=O)C4CC4)cc3)sc2c1. The standard InChI is InChI=1S/C26H27N3O6S2/c1-2-34-25(31)17-9-14-21-22(15-17)36-26(27-21)28-24(30)23(29-35-18-5-3-4-6-18)16-7-10-19(11-8-16)37(32,33)20-12-13-20/h7-11,14-15,18,20H,2-6,12-13H2,1H3,(H,27,28,30)/b29-23+. The number of thiazole rings is 1. The van der Waals surface area contributed by atoms with Crippen LogP contribution >= 0.6 is 11.3 Å². The molecule has 0 aliphatic heterocycles. The van der Waals surface area contributed by atoms with Gasteiger partial charge in [-0.1, -0.05) is 28.6 Å². The van der Waals surface area contributed by atoms with Gasteiger partial charge in [-0.25, -0.2) is 18.2 Å². The number of rotatable bonds is 9. The summed E-state index contributed by atoms with van der Waals surface area (Å²) in [5.41, 5.74) is 1.51. The van der Waals surface area contributed by atoms with Crippen molar-refractivity contribution >= 4 is 54.1 Å². The highest BCUT2D eigenvalue weighted by molar-refractivity contribution is 7.92. The molecule has 1 heterocycles. The van der Waals surface area contributed by atoms with E-state index in [1.165, 1.54) is 23.5 Å². The van der Waals surface area contributed by atoms with Gasteiger partial charge in [-0.3, -0.25) is 10.1 Å². The van der Waals surface area contributed by atoms with Crippen LogP contribution in [0.15, 0.2) is 52.5 Å². The van der Waals surface area contributed by atoms with Gasteiger partial charge in [0.05, 0.1) is 32.5 Å². The molecule has 1 N–H and O–H groups in total. The highest BCUT2D eigenvalue weighted by atomic mass is 32.2. The van der Waals surface area contributed by atoms with E-state index in [0.717, 1.165) is 30.4 Å². The van der Waals surface area contributed by atoms with Gasteiger partial charge in [0.15, 0.2) is 20.7 Å². The lowest BCUT2D eigenvalue weighted by Crippen LogP contribution is -2.25. The van der Waals surface area contributed by atoms with Gasteiger partial charge in [-0.15, -0.1) is 0 Å². The van der Waals surface area contributed by atoms with E-state index in [1.807, 2.05) is 0 Å². The molecule has 37 heavy (non-hydrogen) atoms. The monoisotopic (exact) mass is 541 g/mol. The number of anilines is 1. The minimum Gasteiger partial charge on any atom is -0.462 e. The number of carbonyl (C=O) groups excluding carboxylic acids is 2. The van der Waals surface area contributed by atoms with Crippen molar-refractivity contribution in [2.75, 3.05) is 11.9 Å². The number of amides is 1. The second kappa shape index (κ2) is 10.6. The van der Waals surface area contributed by atoms with E-state index < -0.39 is 21.7 Å². The third kappa shape index (κ3) is 5.67. The number of oxime groups is 1. The number of sulfone groups is 1. The number of nitrogens with one attached hydrogen (secondary N) is 1. The fourth-order valence-corrected chi connectivity index (χ4v) is 6.75. The quantitative estimate of drug-likeness (QED) is 0.236. The van der Waals surface area contributed by atoms with E-state index >= 15 is 0 Å². The molecule has 2 aromatic carbocycles. The summed E-state index contributed by atoms with van der Waals surface area (Å²) in [6.07, 6.45) is 5.15. The van der Waals surface area contributed by atoms with Crippen molar-refractivity contribution in [3.63, 3.8) is 0 Å². The van der Waals surface area contributed by atoms with Crippen molar-refractivity contribution in [3.05, 3.63) is 53.6 Å². The van der Waals surface area contributed by atoms with Gasteiger partial charge in [0.25, 0.3) is 5.91 Å². The zero-order valence-corrected chi connectivity index (χ0v) is 21.9. The van der Waals surface area contributed by atoms with Gasteiger partial charge in [0.2, 0.25) is 0 Å². The van der Waals surface area contributed by atoms with Crippen LogP contribution in [0.4, 0.5) is 5.13 Å². The molecule has 1 aromatic heterocycles. The molecule has 0 bridgehead atoms. The maximum atomic E-state index is 13.3. The van der Waals surface area contributed by atoms with Crippen LogP contribution in [-0.4, -0.2) is 49.0 Å². The molecule has 2 aliphatic rings. The van der Waals surface area contributed by atoms with Gasteiger partial charge < -0.3 is 9.57 Å². The first kappa shape index (κ1) is 25.3. The van der Waals surface area contributed by atoms with Gasteiger partial charge >= 0.3 is 5.97 Å². The van der Waals surface area contributed by atoms with Gasteiger partial charge in [0, 0.05) is 5.56 Å². The fraction of sp³-hybridized carbons (Fsp3) is 0.385. The average Bonchev–Trinajstić information content (AvgIpc) is 3.49. The van der Waals surface area contributed by atoms with Crippen LogP contribution in [0.1, 0.15) is 61.4 Å². The Morgan fingerprint density at radius 2 is 1.76 bits per heavy atom.